The number of hydrogen-bond acceptors (Lipinski definition) is 6. The van der Waals surface area contributed by atoms with Gasteiger partial charge in [-0.15, -0.1) is 0 Å². The van der Waals surface area contributed by atoms with E-state index in [2.05, 4.69) is 15.5 Å². The van der Waals surface area contributed by atoms with Crippen LogP contribution in [-0.4, -0.2) is 66.9 Å². The Morgan fingerprint density at radius 1 is 1.27 bits per heavy atom. The van der Waals surface area contributed by atoms with Crippen molar-refractivity contribution in [1.29, 1.82) is 0 Å². The Labute approximate surface area is 177 Å². The minimum atomic E-state index is -0.771. The largest absolute Gasteiger partial charge is 0.469 e. The maximum absolute atomic E-state index is 13.1. The van der Waals surface area contributed by atoms with E-state index in [0.717, 1.165) is 25.9 Å². The van der Waals surface area contributed by atoms with Crippen molar-refractivity contribution >= 4 is 17.6 Å². The molecule has 0 bridgehead atoms. The molecule has 2 saturated heterocycles. The first-order valence-corrected chi connectivity index (χ1v) is 10.7. The number of ether oxygens (including phenoxy) is 1. The lowest BCUT2D eigenvalue weighted by Crippen LogP contribution is -2.55. The van der Waals surface area contributed by atoms with Gasteiger partial charge >= 0.3 is 0 Å². The third-order valence-corrected chi connectivity index (χ3v) is 5.63. The van der Waals surface area contributed by atoms with Gasteiger partial charge in [-0.2, -0.15) is 0 Å². The summed E-state index contributed by atoms with van der Waals surface area (Å²) in [6.07, 6.45) is 3.80. The zero-order valence-electron chi connectivity index (χ0n) is 18.3. The number of furan rings is 1. The van der Waals surface area contributed by atoms with Gasteiger partial charge in [-0.3, -0.25) is 14.4 Å². The van der Waals surface area contributed by atoms with E-state index in [0.29, 0.717) is 24.3 Å². The second-order valence-electron chi connectivity index (χ2n) is 9.49. The minimum absolute atomic E-state index is 0.00790. The number of Topliss-reactive ketones (excluding diaryl/α,β-unsaturated/α-hetero) is 1. The van der Waals surface area contributed by atoms with Crippen molar-refractivity contribution in [2.24, 2.45) is 5.41 Å². The summed E-state index contributed by atoms with van der Waals surface area (Å²) in [5, 5.41) is 5.68. The van der Waals surface area contributed by atoms with Crippen LogP contribution in [0.25, 0.3) is 0 Å². The molecule has 2 N–H and O–H groups in total. The average molecular weight is 420 g/mol. The molecule has 3 rings (SSSR count). The monoisotopic (exact) mass is 419 g/mol. The molecule has 0 aliphatic carbocycles. The molecule has 2 amide bonds. The van der Waals surface area contributed by atoms with Crippen LogP contribution in [0.2, 0.25) is 0 Å². The van der Waals surface area contributed by atoms with Gasteiger partial charge in [0.1, 0.15) is 24.5 Å². The van der Waals surface area contributed by atoms with Crippen LogP contribution in [0, 0.1) is 12.3 Å². The van der Waals surface area contributed by atoms with Gasteiger partial charge in [-0.25, -0.2) is 0 Å². The molecular weight excluding hydrogens is 386 g/mol. The van der Waals surface area contributed by atoms with Crippen LogP contribution in [0.5, 0.6) is 0 Å². The van der Waals surface area contributed by atoms with Crippen LogP contribution in [0.15, 0.2) is 16.7 Å². The summed E-state index contributed by atoms with van der Waals surface area (Å²) in [7, 11) is 0. The molecule has 2 aliphatic heterocycles. The summed E-state index contributed by atoms with van der Waals surface area (Å²) in [5.74, 6) is -0.366. The van der Waals surface area contributed by atoms with Crippen molar-refractivity contribution in [2.75, 3.05) is 26.2 Å². The third-order valence-electron chi connectivity index (χ3n) is 5.63. The van der Waals surface area contributed by atoms with E-state index in [1.807, 2.05) is 20.8 Å². The summed E-state index contributed by atoms with van der Waals surface area (Å²) in [6.45, 7) is 10.3. The molecule has 0 saturated carbocycles. The Kier molecular flexibility index (Phi) is 6.98. The second kappa shape index (κ2) is 9.31. The molecule has 3 unspecified atom stereocenters. The van der Waals surface area contributed by atoms with Gasteiger partial charge in [-0.1, -0.05) is 20.8 Å². The van der Waals surface area contributed by atoms with Crippen LogP contribution in [0.1, 0.15) is 56.2 Å². The number of nitrogens with zero attached hydrogens (tertiary/aromatic N) is 1. The summed E-state index contributed by atoms with van der Waals surface area (Å²) in [5.41, 5.74) is 0.195. The van der Waals surface area contributed by atoms with Gasteiger partial charge in [0.15, 0.2) is 5.78 Å². The van der Waals surface area contributed by atoms with E-state index in [1.54, 1.807) is 13.0 Å². The SMILES string of the molecule is Cc1occc1C(=O)NC(CC(C)(C)C)C(=O)NC1C(=O)COC1CN1CCCC1. The number of amides is 2. The van der Waals surface area contributed by atoms with Crippen molar-refractivity contribution in [1.82, 2.24) is 15.5 Å². The zero-order valence-corrected chi connectivity index (χ0v) is 18.3. The highest BCUT2D eigenvalue weighted by molar-refractivity contribution is 5.99. The fourth-order valence-corrected chi connectivity index (χ4v) is 4.07. The predicted octanol–water partition coefficient (Wildman–Crippen LogP) is 1.67. The lowest BCUT2D eigenvalue weighted by atomic mass is 9.87. The molecule has 8 heteroatoms. The van der Waals surface area contributed by atoms with E-state index in [-0.39, 0.29) is 35.7 Å². The molecule has 166 valence electrons. The first kappa shape index (κ1) is 22.5. The summed E-state index contributed by atoms with van der Waals surface area (Å²) in [6, 6.07) is 0.123. The third kappa shape index (κ3) is 5.70. The number of likely N-dealkylation sites (tertiary alicyclic amines) is 1. The average Bonchev–Trinajstić information content (AvgIpc) is 3.38. The van der Waals surface area contributed by atoms with Gasteiger partial charge in [0.25, 0.3) is 5.91 Å². The molecule has 1 aromatic heterocycles. The standard InChI is InChI=1S/C22H33N3O5/c1-14-15(7-10-29-14)20(27)23-16(11-22(2,3)4)21(28)24-19-17(26)13-30-18(19)12-25-8-5-6-9-25/h7,10,16,18-19H,5-6,8-9,11-13H2,1-4H3,(H,23,27)(H,24,28). The minimum Gasteiger partial charge on any atom is -0.469 e. The lowest BCUT2D eigenvalue weighted by Gasteiger charge is -2.29. The van der Waals surface area contributed by atoms with Crippen molar-refractivity contribution in [3.8, 4) is 0 Å². The summed E-state index contributed by atoms with van der Waals surface area (Å²) in [4.78, 5) is 40.5. The molecule has 1 aromatic rings. The Morgan fingerprint density at radius 3 is 2.57 bits per heavy atom. The van der Waals surface area contributed by atoms with Crippen molar-refractivity contribution < 1.29 is 23.5 Å². The molecule has 0 radical (unpaired) electrons. The zero-order chi connectivity index (χ0) is 21.9. The highest BCUT2D eigenvalue weighted by Gasteiger charge is 2.40. The van der Waals surface area contributed by atoms with E-state index < -0.39 is 12.1 Å². The fraction of sp³-hybridized carbons (Fsp3) is 0.682. The van der Waals surface area contributed by atoms with Crippen LogP contribution in [0.4, 0.5) is 0 Å². The van der Waals surface area contributed by atoms with E-state index >= 15 is 0 Å². The number of ketones is 1. The van der Waals surface area contributed by atoms with Gasteiger partial charge in [0.2, 0.25) is 5.91 Å². The van der Waals surface area contributed by atoms with E-state index in [1.165, 1.54) is 6.26 Å². The Hall–Kier alpha value is -2.19. The number of carbonyl (C=O) groups excluding carboxylic acids is 3. The van der Waals surface area contributed by atoms with Crippen LogP contribution >= 0.6 is 0 Å². The number of carbonyl (C=O) groups is 3. The first-order chi connectivity index (χ1) is 14.1. The lowest BCUT2D eigenvalue weighted by molar-refractivity contribution is -0.128. The molecule has 0 spiro atoms. The predicted molar refractivity (Wildman–Crippen MR) is 111 cm³/mol. The van der Waals surface area contributed by atoms with Gasteiger partial charge in [-0.05, 0) is 50.8 Å². The Morgan fingerprint density at radius 2 is 1.97 bits per heavy atom. The Balaban J connectivity index is 1.69. The molecule has 30 heavy (non-hydrogen) atoms. The van der Waals surface area contributed by atoms with Crippen LogP contribution in [0.3, 0.4) is 0 Å². The van der Waals surface area contributed by atoms with Crippen molar-refractivity contribution in [3.05, 3.63) is 23.7 Å². The number of rotatable bonds is 7. The molecule has 3 atom stereocenters. The van der Waals surface area contributed by atoms with Gasteiger partial charge < -0.3 is 24.7 Å². The topological polar surface area (TPSA) is 101 Å². The number of aryl methyl sites for hydroxylation is 1. The molecule has 8 nitrogen and oxygen atoms in total. The molecule has 2 fully saturated rings. The van der Waals surface area contributed by atoms with Crippen LogP contribution < -0.4 is 10.6 Å². The smallest absolute Gasteiger partial charge is 0.255 e. The fourth-order valence-electron chi connectivity index (χ4n) is 4.07. The molecule has 2 aliphatic rings. The van der Waals surface area contributed by atoms with Crippen molar-refractivity contribution in [3.63, 3.8) is 0 Å². The van der Waals surface area contributed by atoms with E-state index in [9.17, 15) is 14.4 Å². The summed E-state index contributed by atoms with van der Waals surface area (Å²) < 4.78 is 10.9. The van der Waals surface area contributed by atoms with Gasteiger partial charge in [0.05, 0.1) is 17.9 Å². The second-order valence-corrected chi connectivity index (χ2v) is 9.49. The number of nitrogens with one attached hydrogen (secondary N) is 2. The highest BCUT2D eigenvalue weighted by Crippen LogP contribution is 2.22. The highest BCUT2D eigenvalue weighted by atomic mass is 16.5. The van der Waals surface area contributed by atoms with E-state index in [4.69, 9.17) is 9.15 Å². The number of hydrogen-bond donors (Lipinski definition) is 2. The Bertz CT molecular complexity index is 776. The molecule has 0 aromatic carbocycles. The van der Waals surface area contributed by atoms with Gasteiger partial charge in [0, 0.05) is 6.54 Å². The normalized spacial score (nSPS) is 23.5. The molecule has 3 heterocycles. The maximum Gasteiger partial charge on any atom is 0.255 e. The maximum atomic E-state index is 13.1. The van der Waals surface area contributed by atoms with Crippen molar-refractivity contribution in [2.45, 2.75) is 65.1 Å². The first-order valence-electron chi connectivity index (χ1n) is 10.7. The summed E-state index contributed by atoms with van der Waals surface area (Å²) >= 11 is 0. The van der Waals surface area contributed by atoms with Crippen LogP contribution in [-0.2, 0) is 14.3 Å². The molecular formula is C22H33N3O5. The quantitative estimate of drug-likeness (QED) is 0.697.